The van der Waals surface area contributed by atoms with Gasteiger partial charge < -0.3 is 10.2 Å². The fourth-order valence-corrected chi connectivity index (χ4v) is 3.51. The number of carbonyl (C=O) groups excluding carboxylic acids is 2. The standard InChI is InChI=1S/C21H16F5N3O2/c22-15-3-1-4-16(18(15)23)28-19(30)17-14(11-29(20(17)31)10-2-9-27)12-5-7-13(8-6-12)21(24,25)26/h1,3-8,14,17H,2,10-11H2,(H,28,30)/t14-,17+/m1/s1. The van der Waals surface area contributed by atoms with Crippen LogP contribution < -0.4 is 5.32 Å². The lowest BCUT2D eigenvalue weighted by atomic mass is 9.87. The second kappa shape index (κ2) is 8.71. The van der Waals surface area contributed by atoms with E-state index >= 15 is 0 Å². The number of rotatable bonds is 5. The Kier molecular flexibility index (Phi) is 6.24. The number of likely N-dealkylation sites (tertiary alicyclic amines) is 1. The molecule has 1 aliphatic rings. The van der Waals surface area contributed by atoms with Gasteiger partial charge in [0.15, 0.2) is 11.6 Å². The predicted octanol–water partition coefficient (Wildman–Crippen LogP) is 4.08. The lowest BCUT2D eigenvalue weighted by molar-refractivity contribution is -0.138. The van der Waals surface area contributed by atoms with Gasteiger partial charge in [-0.15, -0.1) is 0 Å². The molecule has 3 rings (SSSR count). The number of nitrogens with one attached hydrogen (secondary N) is 1. The van der Waals surface area contributed by atoms with Crippen molar-refractivity contribution in [3.05, 3.63) is 65.2 Å². The van der Waals surface area contributed by atoms with E-state index in [0.717, 1.165) is 24.3 Å². The Morgan fingerprint density at radius 2 is 1.84 bits per heavy atom. The molecule has 0 aromatic heterocycles. The van der Waals surface area contributed by atoms with Gasteiger partial charge in [-0.3, -0.25) is 9.59 Å². The molecular formula is C21H16F5N3O2. The van der Waals surface area contributed by atoms with Crippen molar-refractivity contribution in [1.82, 2.24) is 4.90 Å². The van der Waals surface area contributed by atoms with Gasteiger partial charge in [-0.25, -0.2) is 8.78 Å². The molecule has 162 valence electrons. The van der Waals surface area contributed by atoms with Crippen molar-refractivity contribution in [3.63, 3.8) is 0 Å². The van der Waals surface area contributed by atoms with Gasteiger partial charge in [0.05, 0.1) is 23.7 Å². The van der Waals surface area contributed by atoms with Crippen molar-refractivity contribution in [2.75, 3.05) is 18.4 Å². The Morgan fingerprint density at radius 1 is 1.16 bits per heavy atom. The van der Waals surface area contributed by atoms with Crippen molar-refractivity contribution in [2.45, 2.75) is 18.5 Å². The molecule has 0 radical (unpaired) electrons. The maximum Gasteiger partial charge on any atom is 0.416 e. The van der Waals surface area contributed by atoms with E-state index < -0.39 is 52.7 Å². The molecule has 0 bridgehead atoms. The van der Waals surface area contributed by atoms with E-state index in [1.54, 1.807) is 0 Å². The lowest BCUT2D eigenvalue weighted by Crippen LogP contribution is -2.34. The summed E-state index contributed by atoms with van der Waals surface area (Å²) in [5, 5.41) is 11.0. The maximum absolute atomic E-state index is 13.9. The normalized spacial score (nSPS) is 18.7. The fourth-order valence-electron chi connectivity index (χ4n) is 3.51. The molecular weight excluding hydrogens is 421 g/mol. The number of carbonyl (C=O) groups is 2. The number of alkyl halides is 3. The first-order valence-electron chi connectivity index (χ1n) is 9.21. The topological polar surface area (TPSA) is 73.2 Å². The molecule has 1 saturated heterocycles. The summed E-state index contributed by atoms with van der Waals surface area (Å²) in [6.45, 7) is 0.0279. The van der Waals surface area contributed by atoms with Crippen LogP contribution in [0, 0.1) is 28.9 Å². The number of hydrogen-bond donors (Lipinski definition) is 1. The minimum atomic E-state index is -4.55. The number of benzene rings is 2. The Morgan fingerprint density at radius 3 is 2.45 bits per heavy atom. The quantitative estimate of drug-likeness (QED) is 0.566. The van der Waals surface area contributed by atoms with E-state index in [2.05, 4.69) is 5.32 Å². The van der Waals surface area contributed by atoms with Crippen LogP contribution in [0.3, 0.4) is 0 Å². The highest BCUT2D eigenvalue weighted by Crippen LogP contribution is 2.37. The Labute approximate surface area is 174 Å². The molecule has 2 aromatic carbocycles. The van der Waals surface area contributed by atoms with Crippen LogP contribution in [0.2, 0.25) is 0 Å². The molecule has 0 saturated carbocycles. The fraction of sp³-hybridized carbons (Fsp3) is 0.286. The van der Waals surface area contributed by atoms with Gasteiger partial charge in [0.25, 0.3) is 0 Å². The zero-order valence-electron chi connectivity index (χ0n) is 15.9. The van der Waals surface area contributed by atoms with Gasteiger partial charge in [0.2, 0.25) is 11.8 Å². The van der Waals surface area contributed by atoms with Crippen LogP contribution in [0.15, 0.2) is 42.5 Å². The minimum Gasteiger partial charge on any atom is -0.340 e. The summed E-state index contributed by atoms with van der Waals surface area (Å²) in [6, 6.07) is 9.09. The SMILES string of the molecule is N#CCCN1C[C@H](c2ccc(C(F)(F)F)cc2)[C@@H](C(=O)Nc2cccc(F)c2F)C1=O. The zero-order valence-corrected chi connectivity index (χ0v) is 15.9. The smallest absolute Gasteiger partial charge is 0.340 e. The molecule has 1 fully saturated rings. The molecule has 2 amide bonds. The van der Waals surface area contributed by atoms with Gasteiger partial charge in [-0.2, -0.15) is 18.4 Å². The number of amides is 2. The molecule has 0 spiro atoms. The first-order chi connectivity index (χ1) is 14.6. The van der Waals surface area contributed by atoms with E-state index in [4.69, 9.17) is 5.26 Å². The Hall–Kier alpha value is -3.48. The van der Waals surface area contributed by atoms with E-state index in [1.807, 2.05) is 6.07 Å². The summed E-state index contributed by atoms with van der Waals surface area (Å²) in [7, 11) is 0. The summed E-state index contributed by atoms with van der Waals surface area (Å²) in [4.78, 5) is 26.9. The second-order valence-corrected chi connectivity index (χ2v) is 6.99. The van der Waals surface area contributed by atoms with Gasteiger partial charge in [-0.1, -0.05) is 18.2 Å². The highest BCUT2D eigenvalue weighted by Gasteiger charge is 2.45. The highest BCUT2D eigenvalue weighted by atomic mass is 19.4. The molecule has 2 aromatic rings. The minimum absolute atomic E-state index is 0.00165. The van der Waals surface area contributed by atoms with Gasteiger partial charge in [-0.05, 0) is 29.8 Å². The van der Waals surface area contributed by atoms with E-state index in [9.17, 15) is 31.5 Å². The van der Waals surface area contributed by atoms with Crippen LogP contribution in [-0.4, -0.2) is 29.8 Å². The average molecular weight is 437 g/mol. The molecule has 0 unspecified atom stereocenters. The van der Waals surface area contributed by atoms with Crippen LogP contribution in [0.5, 0.6) is 0 Å². The van der Waals surface area contributed by atoms with Crippen LogP contribution in [0.1, 0.15) is 23.5 Å². The van der Waals surface area contributed by atoms with Crippen LogP contribution in [-0.2, 0) is 15.8 Å². The average Bonchev–Trinajstić information content (AvgIpc) is 3.05. The molecule has 1 aliphatic heterocycles. The summed E-state index contributed by atoms with van der Waals surface area (Å²) < 4.78 is 65.9. The first-order valence-corrected chi connectivity index (χ1v) is 9.21. The van der Waals surface area contributed by atoms with Crippen molar-refractivity contribution in [1.29, 1.82) is 5.26 Å². The van der Waals surface area contributed by atoms with Crippen molar-refractivity contribution < 1.29 is 31.5 Å². The Bertz CT molecular complexity index is 1030. The third kappa shape index (κ3) is 4.66. The summed E-state index contributed by atoms with van der Waals surface area (Å²) in [6.07, 6.45) is -4.55. The van der Waals surface area contributed by atoms with Crippen molar-refractivity contribution in [2.24, 2.45) is 5.92 Å². The summed E-state index contributed by atoms with van der Waals surface area (Å²) >= 11 is 0. The predicted molar refractivity (Wildman–Crippen MR) is 99.5 cm³/mol. The molecule has 2 atom stereocenters. The number of nitrogens with zero attached hydrogens (tertiary/aromatic N) is 2. The van der Waals surface area contributed by atoms with Crippen LogP contribution in [0.4, 0.5) is 27.6 Å². The molecule has 31 heavy (non-hydrogen) atoms. The molecule has 5 nitrogen and oxygen atoms in total. The number of anilines is 1. The zero-order chi connectivity index (χ0) is 22.8. The first kappa shape index (κ1) is 22.2. The van der Waals surface area contributed by atoms with Crippen molar-refractivity contribution >= 4 is 17.5 Å². The molecule has 0 aliphatic carbocycles. The van der Waals surface area contributed by atoms with E-state index in [0.29, 0.717) is 5.56 Å². The monoisotopic (exact) mass is 437 g/mol. The van der Waals surface area contributed by atoms with E-state index in [1.165, 1.54) is 23.1 Å². The van der Waals surface area contributed by atoms with Crippen molar-refractivity contribution in [3.8, 4) is 6.07 Å². The summed E-state index contributed by atoms with van der Waals surface area (Å²) in [5.41, 5.74) is -1.04. The molecule has 10 heteroatoms. The maximum atomic E-state index is 13.9. The largest absolute Gasteiger partial charge is 0.416 e. The number of hydrogen-bond acceptors (Lipinski definition) is 3. The highest BCUT2D eigenvalue weighted by molar-refractivity contribution is 6.08. The second-order valence-electron chi connectivity index (χ2n) is 6.99. The van der Waals surface area contributed by atoms with Crippen LogP contribution >= 0.6 is 0 Å². The summed E-state index contributed by atoms with van der Waals surface area (Å²) in [5.74, 6) is -6.25. The third-order valence-corrected chi connectivity index (χ3v) is 5.05. The van der Waals surface area contributed by atoms with Gasteiger partial charge in [0.1, 0.15) is 5.92 Å². The Balaban J connectivity index is 1.91. The number of halogens is 5. The molecule has 1 heterocycles. The van der Waals surface area contributed by atoms with Crippen LogP contribution in [0.25, 0.3) is 0 Å². The third-order valence-electron chi connectivity index (χ3n) is 5.05. The molecule has 1 N–H and O–H groups in total. The van der Waals surface area contributed by atoms with Gasteiger partial charge in [0, 0.05) is 19.0 Å². The lowest BCUT2D eigenvalue weighted by Gasteiger charge is -2.18. The van der Waals surface area contributed by atoms with Gasteiger partial charge >= 0.3 is 6.18 Å². The number of nitriles is 1. The van der Waals surface area contributed by atoms with E-state index in [-0.39, 0.29) is 19.5 Å².